The zero-order chi connectivity index (χ0) is 18.0. The summed E-state index contributed by atoms with van der Waals surface area (Å²) in [4.78, 5) is 12.2. The van der Waals surface area contributed by atoms with E-state index in [1.807, 2.05) is 6.92 Å². The summed E-state index contributed by atoms with van der Waals surface area (Å²) in [5.41, 5.74) is 3.48. The minimum absolute atomic E-state index is 0.0644. The number of rotatable bonds is 1. The summed E-state index contributed by atoms with van der Waals surface area (Å²) >= 11 is 0. The van der Waals surface area contributed by atoms with E-state index in [0.29, 0.717) is 30.0 Å². The normalized spacial score (nSPS) is 45.8. The molecule has 0 bridgehead atoms. The Morgan fingerprint density at radius 1 is 1.08 bits per heavy atom. The van der Waals surface area contributed by atoms with Gasteiger partial charge >= 0.3 is 0 Å². The van der Waals surface area contributed by atoms with Crippen molar-refractivity contribution in [3.05, 3.63) is 22.5 Å². The van der Waals surface area contributed by atoms with E-state index in [4.69, 9.17) is 0 Å². The van der Waals surface area contributed by atoms with Gasteiger partial charge in [0.05, 0.1) is 6.61 Å². The van der Waals surface area contributed by atoms with E-state index in [0.717, 1.165) is 56.1 Å². The molecule has 25 heavy (non-hydrogen) atoms. The van der Waals surface area contributed by atoms with Crippen molar-refractivity contribution in [3.8, 4) is 0 Å². The maximum absolute atomic E-state index is 14.3. The molecule has 0 saturated heterocycles. The Bertz CT molecular complexity index is 676. The molecule has 5 unspecified atom stereocenters. The number of hydrogen-bond acceptors (Lipinski definition) is 2. The maximum atomic E-state index is 14.3. The van der Waals surface area contributed by atoms with Crippen molar-refractivity contribution in [2.24, 2.45) is 28.6 Å². The first-order valence-electron chi connectivity index (χ1n) is 10.0. The lowest BCUT2D eigenvalue weighted by Gasteiger charge is -2.58. The Kier molecular flexibility index (Phi) is 4.03. The van der Waals surface area contributed by atoms with Crippen molar-refractivity contribution in [1.82, 2.24) is 0 Å². The summed E-state index contributed by atoms with van der Waals surface area (Å²) in [7, 11) is 0. The van der Waals surface area contributed by atoms with Crippen molar-refractivity contribution in [2.75, 3.05) is 6.61 Å². The number of fused-ring (bicyclic) bond motifs is 5. The number of hydrogen-bond donors (Lipinski definition) is 1. The van der Waals surface area contributed by atoms with Gasteiger partial charge in [0, 0.05) is 6.42 Å². The number of aliphatic hydroxyl groups excluding tert-OH is 1. The molecule has 0 aromatic rings. The van der Waals surface area contributed by atoms with Crippen LogP contribution in [0.3, 0.4) is 0 Å². The first kappa shape index (κ1) is 17.5. The van der Waals surface area contributed by atoms with Crippen LogP contribution in [0.5, 0.6) is 0 Å². The highest BCUT2D eigenvalue weighted by molar-refractivity contribution is 5.96. The average molecular weight is 346 g/mol. The molecule has 138 valence electrons. The largest absolute Gasteiger partial charge is 0.389 e. The number of aliphatic hydroxyl groups is 1. The van der Waals surface area contributed by atoms with Gasteiger partial charge in [0.2, 0.25) is 0 Å². The highest BCUT2D eigenvalue weighted by atomic mass is 19.1. The molecule has 4 rings (SSSR count). The summed E-state index contributed by atoms with van der Waals surface area (Å²) in [6, 6.07) is 0. The molecule has 0 aliphatic heterocycles. The van der Waals surface area contributed by atoms with Crippen LogP contribution in [0.1, 0.15) is 72.1 Å². The molecule has 3 saturated carbocycles. The van der Waals surface area contributed by atoms with Gasteiger partial charge in [-0.3, -0.25) is 4.79 Å². The average Bonchev–Trinajstić information content (AvgIpc) is 2.95. The fourth-order valence-electron chi connectivity index (χ4n) is 7.34. The lowest BCUT2D eigenvalue weighted by molar-refractivity contribution is -0.118. The Hall–Kier alpha value is -0.960. The van der Waals surface area contributed by atoms with Crippen molar-refractivity contribution in [3.63, 3.8) is 0 Å². The predicted octanol–water partition coefficient (Wildman–Crippen LogP) is 5.12. The van der Waals surface area contributed by atoms with E-state index >= 15 is 0 Å². The van der Waals surface area contributed by atoms with Gasteiger partial charge in [0.1, 0.15) is 5.83 Å². The molecule has 3 heteroatoms. The second kappa shape index (κ2) is 5.77. The third-order valence-electron chi connectivity index (χ3n) is 8.67. The molecular weight excluding hydrogens is 315 g/mol. The SMILES string of the molecule is CC1=C2CCC3C4CCC(=C(F)CO)C4(C)CCC3C2(C)CCC1=O. The van der Waals surface area contributed by atoms with Crippen molar-refractivity contribution in [1.29, 1.82) is 0 Å². The standard InChI is InChI=1S/C22H31FO2/c1-13-15-5-4-14-16-6-7-18(19(23)12-24)22(16,3)10-8-17(14)21(15,2)11-9-20(13)25/h14,16-17,24H,4-12H2,1-3H3. The van der Waals surface area contributed by atoms with Gasteiger partial charge in [-0.15, -0.1) is 0 Å². The Labute approximate surface area is 150 Å². The number of carbonyl (C=O) groups excluding carboxylic acids is 1. The first-order chi connectivity index (χ1) is 11.8. The molecule has 3 fully saturated rings. The Morgan fingerprint density at radius 3 is 2.52 bits per heavy atom. The highest BCUT2D eigenvalue weighted by Crippen LogP contribution is 2.67. The number of ketones is 1. The number of Topliss-reactive ketones (excluding diaryl/α,β-unsaturated/α-hetero) is 1. The molecule has 0 aromatic heterocycles. The van der Waals surface area contributed by atoms with Gasteiger partial charge < -0.3 is 5.11 Å². The van der Waals surface area contributed by atoms with Gasteiger partial charge in [-0.25, -0.2) is 4.39 Å². The van der Waals surface area contributed by atoms with E-state index in [-0.39, 0.29) is 16.7 Å². The second-order valence-corrected chi connectivity index (χ2v) is 9.40. The third-order valence-corrected chi connectivity index (χ3v) is 8.67. The van der Waals surface area contributed by atoms with Gasteiger partial charge in [0.25, 0.3) is 0 Å². The predicted molar refractivity (Wildman–Crippen MR) is 96.5 cm³/mol. The summed E-state index contributed by atoms with van der Waals surface area (Å²) in [6.45, 7) is 6.24. The lowest BCUT2D eigenvalue weighted by atomic mass is 9.46. The fraction of sp³-hybridized carbons (Fsp3) is 0.773. The summed E-state index contributed by atoms with van der Waals surface area (Å²) < 4.78 is 14.3. The number of halogens is 1. The Balaban J connectivity index is 1.71. The van der Waals surface area contributed by atoms with Gasteiger partial charge in [-0.05, 0) is 91.6 Å². The minimum Gasteiger partial charge on any atom is -0.389 e. The van der Waals surface area contributed by atoms with Crippen molar-refractivity contribution >= 4 is 5.78 Å². The van der Waals surface area contributed by atoms with E-state index < -0.39 is 6.61 Å². The van der Waals surface area contributed by atoms with E-state index in [9.17, 15) is 14.3 Å². The fourth-order valence-corrected chi connectivity index (χ4v) is 7.34. The molecule has 0 aromatic carbocycles. The molecule has 5 atom stereocenters. The van der Waals surface area contributed by atoms with Crippen LogP contribution in [0.25, 0.3) is 0 Å². The molecular formula is C22H31FO2. The third kappa shape index (κ3) is 2.27. The van der Waals surface area contributed by atoms with Gasteiger partial charge in [0.15, 0.2) is 5.78 Å². The van der Waals surface area contributed by atoms with Crippen LogP contribution in [-0.2, 0) is 4.79 Å². The molecule has 1 N–H and O–H groups in total. The van der Waals surface area contributed by atoms with Crippen LogP contribution in [0.2, 0.25) is 0 Å². The van der Waals surface area contributed by atoms with Crippen molar-refractivity contribution < 1.29 is 14.3 Å². The second-order valence-electron chi connectivity index (χ2n) is 9.40. The number of allylic oxidation sites excluding steroid dienone is 2. The van der Waals surface area contributed by atoms with E-state index in [1.54, 1.807) is 0 Å². The Morgan fingerprint density at radius 2 is 1.80 bits per heavy atom. The van der Waals surface area contributed by atoms with Crippen LogP contribution >= 0.6 is 0 Å². The van der Waals surface area contributed by atoms with Crippen LogP contribution in [0.4, 0.5) is 4.39 Å². The summed E-state index contributed by atoms with van der Waals surface area (Å²) in [5.74, 6) is 1.88. The topological polar surface area (TPSA) is 37.3 Å². The molecule has 4 aliphatic rings. The summed E-state index contributed by atoms with van der Waals surface area (Å²) in [5, 5.41) is 9.31. The van der Waals surface area contributed by atoms with Crippen molar-refractivity contribution in [2.45, 2.75) is 72.1 Å². The van der Waals surface area contributed by atoms with Gasteiger partial charge in [-0.1, -0.05) is 19.4 Å². The molecule has 0 spiro atoms. The van der Waals surface area contributed by atoms with Crippen LogP contribution in [0, 0.1) is 28.6 Å². The van der Waals surface area contributed by atoms with E-state index in [1.165, 1.54) is 5.57 Å². The quantitative estimate of drug-likeness (QED) is 0.715. The molecule has 4 aliphatic carbocycles. The number of carbonyl (C=O) groups is 1. The zero-order valence-corrected chi connectivity index (χ0v) is 15.8. The molecule has 0 radical (unpaired) electrons. The molecule has 2 nitrogen and oxygen atoms in total. The van der Waals surface area contributed by atoms with Crippen LogP contribution < -0.4 is 0 Å². The zero-order valence-electron chi connectivity index (χ0n) is 15.8. The molecule has 0 heterocycles. The summed E-state index contributed by atoms with van der Waals surface area (Å²) in [6.07, 6.45) is 7.91. The molecule has 0 amide bonds. The first-order valence-corrected chi connectivity index (χ1v) is 10.0. The van der Waals surface area contributed by atoms with Gasteiger partial charge in [-0.2, -0.15) is 0 Å². The van der Waals surface area contributed by atoms with Crippen LogP contribution in [-0.4, -0.2) is 17.5 Å². The maximum Gasteiger partial charge on any atom is 0.158 e. The monoisotopic (exact) mass is 346 g/mol. The van der Waals surface area contributed by atoms with Crippen LogP contribution in [0.15, 0.2) is 22.5 Å². The minimum atomic E-state index is -0.447. The smallest absolute Gasteiger partial charge is 0.158 e. The van der Waals surface area contributed by atoms with E-state index in [2.05, 4.69) is 13.8 Å². The highest BCUT2D eigenvalue weighted by Gasteiger charge is 2.58. The lowest BCUT2D eigenvalue weighted by Crippen LogP contribution is -2.50.